The number of unbranched alkanes of at least 4 members (excludes halogenated alkanes) is 29. The summed E-state index contributed by atoms with van der Waals surface area (Å²) >= 11 is 0. The molecule has 3 atom stereocenters. The van der Waals surface area contributed by atoms with Crippen LogP contribution in [-0.2, 0) is 37.5 Å². The second-order valence-electron chi connectivity index (χ2n) is 16.2. The first-order valence-corrected chi connectivity index (χ1v) is 25.2. The predicted octanol–water partition coefficient (Wildman–Crippen LogP) is 12.8. The molecule has 11 nitrogen and oxygen atoms in total. The number of nitrogens with two attached hydrogens (primary N) is 1. The highest BCUT2D eigenvalue weighted by Gasteiger charge is 2.28. The Bertz CT molecular complexity index is 1040. The number of phosphoric ester groups is 1. The van der Waals surface area contributed by atoms with Gasteiger partial charge in [-0.05, 0) is 32.1 Å². The minimum atomic E-state index is -4.72. The fraction of sp³-hybridized carbons (Fsp3) is 0.891. The maximum Gasteiger partial charge on any atom is 0.472 e. The molecule has 4 N–H and O–H groups in total. The van der Waals surface area contributed by atoms with Crippen molar-refractivity contribution < 1.29 is 47.5 Å². The summed E-state index contributed by atoms with van der Waals surface area (Å²) in [7, 11) is -4.72. The van der Waals surface area contributed by atoms with E-state index < -0.39 is 51.1 Å². The normalized spacial score (nSPS) is 13.7. The molecule has 0 saturated heterocycles. The molecular weight excluding hydrogens is 757 g/mol. The summed E-state index contributed by atoms with van der Waals surface area (Å²) in [6.45, 7) is 2.80. The zero-order valence-corrected chi connectivity index (χ0v) is 38.1. The fourth-order valence-electron chi connectivity index (χ4n) is 6.78. The molecular formula is C46H88NO10P. The number of phosphoric acid groups is 1. The number of esters is 2. The van der Waals surface area contributed by atoms with E-state index in [-0.39, 0.29) is 19.4 Å². The second kappa shape index (κ2) is 41.9. The zero-order chi connectivity index (χ0) is 42.8. The third kappa shape index (κ3) is 41.0. The van der Waals surface area contributed by atoms with E-state index in [9.17, 15) is 23.8 Å². The third-order valence-corrected chi connectivity index (χ3v) is 11.5. The number of allylic oxidation sites excluding steroid dienone is 2. The van der Waals surface area contributed by atoms with Crippen LogP contribution in [0, 0.1) is 0 Å². The average molecular weight is 846 g/mol. The van der Waals surface area contributed by atoms with Gasteiger partial charge >= 0.3 is 25.7 Å². The van der Waals surface area contributed by atoms with Crippen molar-refractivity contribution in [2.45, 2.75) is 244 Å². The second-order valence-corrected chi connectivity index (χ2v) is 17.7. The Balaban J connectivity index is 4.22. The maximum atomic E-state index is 12.6. The molecule has 0 heterocycles. The number of ether oxygens (including phenoxy) is 2. The van der Waals surface area contributed by atoms with E-state index in [1.165, 1.54) is 154 Å². The van der Waals surface area contributed by atoms with E-state index in [1.54, 1.807) is 0 Å². The highest BCUT2D eigenvalue weighted by Crippen LogP contribution is 2.43. The van der Waals surface area contributed by atoms with Gasteiger partial charge in [0.05, 0.1) is 13.2 Å². The largest absolute Gasteiger partial charge is 0.480 e. The number of carbonyl (C=O) groups is 3. The molecule has 0 saturated carbocycles. The molecule has 0 aromatic heterocycles. The topological polar surface area (TPSA) is 172 Å². The molecule has 12 heteroatoms. The van der Waals surface area contributed by atoms with Gasteiger partial charge in [0.1, 0.15) is 12.6 Å². The number of aliphatic carboxylic acids is 1. The van der Waals surface area contributed by atoms with Crippen LogP contribution in [0.3, 0.4) is 0 Å². The van der Waals surface area contributed by atoms with Crippen LogP contribution in [0.5, 0.6) is 0 Å². The van der Waals surface area contributed by atoms with Crippen molar-refractivity contribution in [3.05, 3.63) is 12.2 Å². The molecule has 0 bridgehead atoms. The lowest BCUT2D eigenvalue weighted by molar-refractivity contribution is -0.161. The molecule has 0 fully saturated rings. The van der Waals surface area contributed by atoms with Gasteiger partial charge in [-0.1, -0.05) is 199 Å². The molecule has 0 aliphatic rings. The lowest BCUT2D eigenvalue weighted by Crippen LogP contribution is -2.34. The smallest absolute Gasteiger partial charge is 0.472 e. The molecule has 58 heavy (non-hydrogen) atoms. The Labute approximate surface area is 354 Å². The van der Waals surface area contributed by atoms with E-state index in [1.807, 2.05) is 0 Å². The molecule has 0 rings (SSSR count). The van der Waals surface area contributed by atoms with Crippen LogP contribution in [0.4, 0.5) is 0 Å². The molecule has 1 unspecified atom stereocenters. The summed E-state index contributed by atoms with van der Waals surface area (Å²) < 4.78 is 32.7. The fourth-order valence-corrected chi connectivity index (χ4v) is 7.55. The van der Waals surface area contributed by atoms with Gasteiger partial charge in [-0.25, -0.2) is 4.57 Å². The van der Waals surface area contributed by atoms with Gasteiger partial charge in [0.15, 0.2) is 6.10 Å². The van der Waals surface area contributed by atoms with Crippen molar-refractivity contribution >= 4 is 25.7 Å². The Kier molecular flexibility index (Phi) is 40.6. The van der Waals surface area contributed by atoms with Gasteiger partial charge in [-0.15, -0.1) is 0 Å². The first-order valence-electron chi connectivity index (χ1n) is 23.7. The summed E-state index contributed by atoms with van der Waals surface area (Å²) in [4.78, 5) is 45.9. The predicted molar refractivity (Wildman–Crippen MR) is 236 cm³/mol. The summed E-state index contributed by atoms with van der Waals surface area (Å²) in [6, 6.07) is -1.52. The van der Waals surface area contributed by atoms with Crippen LogP contribution in [0.15, 0.2) is 12.2 Å². The van der Waals surface area contributed by atoms with Crippen LogP contribution in [-0.4, -0.2) is 59.9 Å². The van der Waals surface area contributed by atoms with Crippen LogP contribution >= 0.6 is 7.82 Å². The minimum absolute atomic E-state index is 0.119. The van der Waals surface area contributed by atoms with E-state index in [0.29, 0.717) is 19.3 Å². The number of hydrogen-bond donors (Lipinski definition) is 3. The third-order valence-electron chi connectivity index (χ3n) is 10.5. The van der Waals surface area contributed by atoms with Crippen LogP contribution in [0.2, 0.25) is 0 Å². The van der Waals surface area contributed by atoms with E-state index in [2.05, 4.69) is 30.5 Å². The molecule has 0 spiro atoms. The van der Waals surface area contributed by atoms with Gasteiger partial charge in [0.2, 0.25) is 0 Å². The minimum Gasteiger partial charge on any atom is -0.480 e. The van der Waals surface area contributed by atoms with Crippen molar-refractivity contribution in [2.24, 2.45) is 5.73 Å². The molecule has 0 radical (unpaired) electrons. The van der Waals surface area contributed by atoms with Gasteiger partial charge < -0.3 is 25.2 Å². The first-order chi connectivity index (χ1) is 28.1. The van der Waals surface area contributed by atoms with Crippen molar-refractivity contribution in [1.29, 1.82) is 0 Å². The summed E-state index contributed by atoms with van der Waals surface area (Å²) in [5, 5.41) is 8.89. The molecule has 342 valence electrons. The van der Waals surface area contributed by atoms with Gasteiger partial charge in [-0.2, -0.15) is 0 Å². The SMILES string of the molecule is CCCCCCCCCCCCCCCCCCCC/C=C/CCCC(=O)O[C@@H](COC(=O)CCCCCCCCCCCCC)COP(=O)(O)OC[C@H](N)C(=O)O. The van der Waals surface area contributed by atoms with Crippen molar-refractivity contribution in [3.8, 4) is 0 Å². The first kappa shape index (κ1) is 56.2. The summed E-state index contributed by atoms with van der Waals surface area (Å²) in [5.74, 6) is -2.40. The van der Waals surface area contributed by atoms with E-state index in [0.717, 1.165) is 32.1 Å². The maximum absolute atomic E-state index is 12.6. The summed E-state index contributed by atoms with van der Waals surface area (Å²) in [6.07, 6.45) is 43.0. The van der Waals surface area contributed by atoms with Gasteiger partial charge in [0, 0.05) is 12.8 Å². The zero-order valence-electron chi connectivity index (χ0n) is 37.2. The molecule has 0 aromatic rings. The van der Waals surface area contributed by atoms with Crippen LogP contribution in [0.25, 0.3) is 0 Å². The van der Waals surface area contributed by atoms with Gasteiger partial charge in [0.25, 0.3) is 0 Å². The molecule has 0 aromatic carbocycles. The Morgan fingerprint density at radius 1 is 0.517 bits per heavy atom. The monoisotopic (exact) mass is 846 g/mol. The van der Waals surface area contributed by atoms with E-state index in [4.69, 9.17) is 24.8 Å². The van der Waals surface area contributed by atoms with Crippen LogP contribution in [0.1, 0.15) is 232 Å². The number of carbonyl (C=O) groups excluding carboxylic acids is 2. The lowest BCUT2D eigenvalue weighted by atomic mass is 10.0. The molecule has 0 aliphatic heterocycles. The molecule has 0 amide bonds. The van der Waals surface area contributed by atoms with Crippen LogP contribution < -0.4 is 5.73 Å². The standard InChI is InChI=1S/C46H88NO10P/c1-3-5-7-9-11-13-15-16-17-18-19-20-21-22-23-24-25-26-28-30-32-34-36-38-45(49)57-42(40-55-58(52,53)56-41-43(47)46(50)51)39-54-44(48)37-35-33-31-29-27-14-12-10-8-6-4-2/h30,32,42-43H,3-29,31,33-41,47H2,1-2H3,(H,50,51)(H,52,53)/b32-30+/t42-,43-/m0/s1. The van der Waals surface area contributed by atoms with Crippen molar-refractivity contribution in [2.75, 3.05) is 19.8 Å². The molecule has 0 aliphatic carbocycles. The van der Waals surface area contributed by atoms with E-state index >= 15 is 0 Å². The number of rotatable bonds is 45. The number of carboxylic acids is 1. The number of hydrogen-bond acceptors (Lipinski definition) is 9. The Morgan fingerprint density at radius 3 is 1.31 bits per heavy atom. The highest BCUT2D eigenvalue weighted by molar-refractivity contribution is 7.47. The Hall–Kier alpha value is -1.78. The highest BCUT2D eigenvalue weighted by atomic mass is 31.2. The quantitative estimate of drug-likeness (QED) is 0.0230. The van der Waals surface area contributed by atoms with Crippen molar-refractivity contribution in [1.82, 2.24) is 0 Å². The average Bonchev–Trinajstić information content (AvgIpc) is 3.20. The van der Waals surface area contributed by atoms with Crippen molar-refractivity contribution in [3.63, 3.8) is 0 Å². The lowest BCUT2D eigenvalue weighted by Gasteiger charge is -2.20. The number of carboxylic acid groups (broad SMARTS) is 1. The van der Waals surface area contributed by atoms with Gasteiger partial charge in [-0.3, -0.25) is 23.4 Å². The summed E-state index contributed by atoms with van der Waals surface area (Å²) in [5.41, 5.74) is 5.33. The Morgan fingerprint density at radius 2 is 0.879 bits per heavy atom.